The van der Waals surface area contributed by atoms with Crippen molar-refractivity contribution in [2.75, 3.05) is 25.5 Å². The number of ether oxygens (including phenoxy) is 1. The average Bonchev–Trinajstić information content (AvgIpc) is 2.36. The van der Waals surface area contributed by atoms with Crippen LogP contribution >= 0.6 is 0 Å². The van der Waals surface area contributed by atoms with Gasteiger partial charge >= 0.3 is 0 Å². The second kappa shape index (κ2) is 7.71. The van der Waals surface area contributed by atoms with Crippen LogP contribution in [0.25, 0.3) is 0 Å². The molecule has 0 aliphatic heterocycles. The number of hydrogen-bond donors (Lipinski definition) is 2. The van der Waals surface area contributed by atoms with Gasteiger partial charge < -0.3 is 15.8 Å². The Hall–Kier alpha value is -1.55. The van der Waals surface area contributed by atoms with Crippen LogP contribution in [0.5, 0.6) is 0 Å². The molecule has 100 valence electrons. The Labute approximate surface area is 109 Å². The van der Waals surface area contributed by atoms with Crippen molar-refractivity contribution in [2.45, 2.75) is 26.7 Å². The van der Waals surface area contributed by atoms with E-state index >= 15 is 0 Å². The fraction of sp³-hybridized carbons (Fsp3) is 0.500. The lowest BCUT2D eigenvalue weighted by molar-refractivity contribution is 0.0913. The molecule has 18 heavy (non-hydrogen) atoms. The highest BCUT2D eigenvalue weighted by molar-refractivity contribution is 5.99. The summed E-state index contributed by atoms with van der Waals surface area (Å²) in [7, 11) is 0. The molecule has 1 aromatic rings. The summed E-state index contributed by atoms with van der Waals surface area (Å²) in [5, 5.41) is 2.80. The zero-order valence-corrected chi connectivity index (χ0v) is 11.2. The summed E-state index contributed by atoms with van der Waals surface area (Å²) in [6.45, 7) is 5.85. The fourth-order valence-electron chi connectivity index (χ4n) is 1.55. The fourth-order valence-corrected chi connectivity index (χ4v) is 1.55. The molecule has 0 unspecified atom stereocenters. The Morgan fingerprint density at radius 2 is 2.17 bits per heavy atom. The number of nitrogens with two attached hydrogens (primary N) is 1. The molecule has 4 heteroatoms. The zero-order valence-electron chi connectivity index (χ0n) is 11.2. The predicted molar refractivity (Wildman–Crippen MR) is 73.7 cm³/mol. The van der Waals surface area contributed by atoms with Gasteiger partial charge in [0.05, 0.1) is 12.2 Å². The van der Waals surface area contributed by atoms with Crippen molar-refractivity contribution in [1.82, 2.24) is 5.32 Å². The molecule has 1 aromatic carbocycles. The van der Waals surface area contributed by atoms with Gasteiger partial charge in [-0.25, -0.2) is 0 Å². The highest BCUT2D eigenvalue weighted by Crippen LogP contribution is 2.13. The lowest BCUT2D eigenvalue weighted by Gasteiger charge is -2.08. The van der Waals surface area contributed by atoms with E-state index in [0.29, 0.717) is 24.4 Å². The molecule has 0 spiro atoms. The first-order valence-electron chi connectivity index (χ1n) is 6.37. The van der Waals surface area contributed by atoms with E-state index in [1.165, 1.54) is 0 Å². The highest BCUT2D eigenvalue weighted by atomic mass is 16.5. The van der Waals surface area contributed by atoms with Gasteiger partial charge in [-0.1, -0.05) is 25.0 Å². The Bertz CT molecular complexity index is 391. The third kappa shape index (κ3) is 4.75. The zero-order chi connectivity index (χ0) is 13.4. The monoisotopic (exact) mass is 250 g/mol. The van der Waals surface area contributed by atoms with E-state index in [2.05, 4.69) is 12.2 Å². The maximum absolute atomic E-state index is 11.9. The summed E-state index contributed by atoms with van der Waals surface area (Å²) in [5.74, 6) is -0.143. The van der Waals surface area contributed by atoms with Crippen molar-refractivity contribution in [3.05, 3.63) is 29.3 Å². The number of amides is 1. The minimum atomic E-state index is -0.143. The molecule has 0 saturated carbocycles. The van der Waals surface area contributed by atoms with E-state index in [1.807, 2.05) is 13.0 Å². The molecule has 0 fully saturated rings. The Kier molecular flexibility index (Phi) is 6.22. The van der Waals surface area contributed by atoms with E-state index in [-0.39, 0.29) is 5.91 Å². The number of carbonyl (C=O) groups is 1. The van der Waals surface area contributed by atoms with Crippen molar-refractivity contribution in [3.63, 3.8) is 0 Å². The van der Waals surface area contributed by atoms with Crippen LogP contribution in [-0.4, -0.2) is 25.7 Å². The molecule has 4 nitrogen and oxygen atoms in total. The van der Waals surface area contributed by atoms with Gasteiger partial charge in [0.15, 0.2) is 0 Å². The van der Waals surface area contributed by atoms with Crippen LogP contribution in [-0.2, 0) is 4.74 Å². The summed E-state index contributed by atoms with van der Waals surface area (Å²) in [4.78, 5) is 11.9. The average molecular weight is 250 g/mol. The number of anilines is 1. The Morgan fingerprint density at radius 1 is 1.39 bits per heavy atom. The molecule has 0 bridgehead atoms. The number of aryl methyl sites for hydroxylation is 1. The number of benzene rings is 1. The molecular weight excluding hydrogens is 228 g/mol. The maximum atomic E-state index is 11.9. The standard InChI is InChI=1S/C14H22N2O2/c1-3-4-8-18-9-7-16-14(17)12-10-11(2)5-6-13(12)15/h5-6,10H,3-4,7-9,15H2,1-2H3,(H,16,17). The normalized spacial score (nSPS) is 10.3. The van der Waals surface area contributed by atoms with Gasteiger partial charge in [0.2, 0.25) is 0 Å². The van der Waals surface area contributed by atoms with Crippen molar-refractivity contribution in [2.24, 2.45) is 0 Å². The van der Waals surface area contributed by atoms with Gasteiger partial charge in [0.25, 0.3) is 5.91 Å². The van der Waals surface area contributed by atoms with Crippen LogP contribution in [0.15, 0.2) is 18.2 Å². The molecule has 0 radical (unpaired) electrons. The van der Waals surface area contributed by atoms with Gasteiger partial charge in [-0.05, 0) is 25.5 Å². The largest absolute Gasteiger partial charge is 0.398 e. The number of unbranched alkanes of at least 4 members (excludes halogenated alkanes) is 1. The van der Waals surface area contributed by atoms with Gasteiger partial charge in [-0.15, -0.1) is 0 Å². The van der Waals surface area contributed by atoms with Crippen LogP contribution in [0, 0.1) is 6.92 Å². The Balaban J connectivity index is 2.34. The third-order valence-corrected chi connectivity index (χ3v) is 2.63. The van der Waals surface area contributed by atoms with Crippen molar-refractivity contribution < 1.29 is 9.53 Å². The second-order valence-corrected chi connectivity index (χ2v) is 4.31. The van der Waals surface area contributed by atoms with Crippen LogP contribution < -0.4 is 11.1 Å². The number of rotatable bonds is 7. The first-order valence-corrected chi connectivity index (χ1v) is 6.37. The minimum Gasteiger partial charge on any atom is -0.398 e. The summed E-state index contributed by atoms with van der Waals surface area (Å²) >= 11 is 0. The van der Waals surface area contributed by atoms with Gasteiger partial charge in [0.1, 0.15) is 0 Å². The lowest BCUT2D eigenvalue weighted by atomic mass is 10.1. The number of carbonyl (C=O) groups excluding carboxylic acids is 1. The van der Waals surface area contributed by atoms with E-state index in [4.69, 9.17) is 10.5 Å². The van der Waals surface area contributed by atoms with E-state index in [1.54, 1.807) is 12.1 Å². The number of nitrogen functional groups attached to an aromatic ring is 1. The SMILES string of the molecule is CCCCOCCNC(=O)c1cc(C)ccc1N. The highest BCUT2D eigenvalue weighted by Gasteiger charge is 2.08. The number of nitrogens with one attached hydrogen (secondary N) is 1. The summed E-state index contributed by atoms with van der Waals surface area (Å²) < 4.78 is 5.37. The first kappa shape index (κ1) is 14.5. The van der Waals surface area contributed by atoms with Gasteiger partial charge in [-0.2, -0.15) is 0 Å². The van der Waals surface area contributed by atoms with Crippen molar-refractivity contribution in [3.8, 4) is 0 Å². The summed E-state index contributed by atoms with van der Waals surface area (Å²) in [6, 6.07) is 5.44. The minimum absolute atomic E-state index is 0.143. The van der Waals surface area contributed by atoms with Crippen molar-refractivity contribution in [1.29, 1.82) is 0 Å². The quantitative estimate of drug-likeness (QED) is 0.575. The number of hydrogen-bond acceptors (Lipinski definition) is 3. The summed E-state index contributed by atoms with van der Waals surface area (Å²) in [5.41, 5.74) is 7.83. The van der Waals surface area contributed by atoms with E-state index in [0.717, 1.165) is 25.0 Å². The Morgan fingerprint density at radius 3 is 2.89 bits per heavy atom. The predicted octanol–water partition coefficient (Wildman–Crippen LogP) is 2.12. The molecule has 0 aliphatic rings. The molecule has 1 amide bonds. The van der Waals surface area contributed by atoms with Crippen LogP contribution in [0.2, 0.25) is 0 Å². The lowest BCUT2D eigenvalue weighted by Crippen LogP contribution is -2.28. The molecule has 0 atom stereocenters. The van der Waals surface area contributed by atoms with Gasteiger partial charge in [0, 0.05) is 18.8 Å². The molecule has 0 aliphatic carbocycles. The maximum Gasteiger partial charge on any atom is 0.253 e. The third-order valence-electron chi connectivity index (χ3n) is 2.63. The molecule has 0 heterocycles. The molecule has 1 rings (SSSR count). The molecule has 0 aromatic heterocycles. The van der Waals surface area contributed by atoms with Crippen LogP contribution in [0.1, 0.15) is 35.7 Å². The van der Waals surface area contributed by atoms with E-state index in [9.17, 15) is 4.79 Å². The van der Waals surface area contributed by atoms with E-state index < -0.39 is 0 Å². The van der Waals surface area contributed by atoms with Crippen LogP contribution in [0.4, 0.5) is 5.69 Å². The topological polar surface area (TPSA) is 64.3 Å². The van der Waals surface area contributed by atoms with Gasteiger partial charge in [-0.3, -0.25) is 4.79 Å². The first-order chi connectivity index (χ1) is 8.65. The summed E-state index contributed by atoms with van der Waals surface area (Å²) in [6.07, 6.45) is 2.17. The molecular formula is C14H22N2O2. The molecule has 3 N–H and O–H groups in total. The smallest absolute Gasteiger partial charge is 0.253 e. The van der Waals surface area contributed by atoms with Crippen molar-refractivity contribution >= 4 is 11.6 Å². The van der Waals surface area contributed by atoms with Crippen LogP contribution in [0.3, 0.4) is 0 Å². The second-order valence-electron chi connectivity index (χ2n) is 4.31. The molecule has 0 saturated heterocycles.